The molecule has 1 fully saturated rings. The van der Waals surface area contributed by atoms with Gasteiger partial charge in [-0.3, -0.25) is 0 Å². The summed E-state index contributed by atoms with van der Waals surface area (Å²) in [5.41, 5.74) is 1.30. The number of hydrogen-bond acceptors (Lipinski definition) is 3. The molecule has 1 aromatic rings. The fourth-order valence-corrected chi connectivity index (χ4v) is 3.30. The van der Waals surface area contributed by atoms with Crippen LogP contribution < -0.4 is 0 Å². The Hall–Kier alpha value is -0.870. The van der Waals surface area contributed by atoms with Crippen molar-refractivity contribution in [3.63, 3.8) is 0 Å². The summed E-state index contributed by atoms with van der Waals surface area (Å²) in [6.45, 7) is 0.420. The van der Waals surface area contributed by atoms with E-state index in [2.05, 4.69) is 12.1 Å². The molecule has 4 heteroatoms. The Kier molecular flexibility index (Phi) is 3.96. The first-order valence-corrected chi connectivity index (χ1v) is 6.61. The highest BCUT2D eigenvalue weighted by atomic mass is 32.2. The van der Waals surface area contributed by atoms with Crippen molar-refractivity contribution in [3.8, 4) is 0 Å². The molecule has 84 valence electrons. The smallest absolute Gasteiger partial charge is 0.139 e. The third-order valence-corrected chi connectivity index (χ3v) is 4.28. The number of thiocarbonyl (C=S) groups is 1. The van der Waals surface area contributed by atoms with E-state index >= 15 is 0 Å². The lowest BCUT2D eigenvalue weighted by molar-refractivity contribution is -0.108. The van der Waals surface area contributed by atoms with Gasteiger partial charge in [0, 0.05) is 11.8 Å². The van der Waals surface area contributed by atoms with Crippen molar-refractivity contribution in [3.05, 3.63) is 35.9 Å². The van der Waals surface area contributed by atoms with Crippen LogP contribution in [0.1, 0.15) is 5.56 Å². The van der Waals surface area contributed by atoms with Gasteiger partial charge in [-0.25, -0.2) is 0 Å². The molecule has 1 saturated heterocycles. The molecule has 2 rings (SSSR count). The Labute approximate surface area is 105 Å². The average Bonchev–Trinajstić information content (AvgIpc) is 2.64. The van der Waals surface area contributed by atoms with Gasteiger partial charge in [0.05, 0.1) is 6.54 Å². The maximum atomic E-state index is 10.6. The predicted octanol–water partition coefficient (Wildman–Crippen LogP) is 2.13. The largest absolute Gasteiger partial charge is 0.346 e. The maximum absolute atomic E-state index is 10.6. The second kappa shape index (κ2) is 5.46. The number of aldehydes is 1. The van der Waals surface area contributed by atoms with Gasteiger partial charge in [0.1, 0.15) is 10.6 Å². The number of rotatable bonds is 4. The minimum absolute atomic E-state index is 0.366. The van der Waals surface area contributed by atoms with E-state index in [1.807, 2.05) is 23.1 Å². The molecular formula is C12H13NOS2. The molecule has 0 aliphatic carbocycles. The van der Waals surface area contributed by atoms with Crippen LogP contribution in [0.4, 0.5) is 0 Å². The van der Waals surface area contributed by atoms with Crippen molar-refractivity contribution in [2.24, 2.45) is 0 Å². The molecule has 0 N–H and O–H groups in total. The molecule has 1 aromatic carbocycles. The summed E-state index contributed by atoms with van der Waals surface area (Å²) in [4.78, 5) is 12.6. The fraction of sp³-hybridized carbons (Fsp3) is 0.333. The molecule has 0 spiro atoms. The van der Waals surface area contributed by atoms with Crippen molar-refractivity contribution in [1.82, 2.24) is 4.90 Å². The van der Waals surface area contributed by atoms with Gasteiger partial charge in [0.15, 0.2) is 0 Å². The molecule has 0 saturated carbocycles. The molecule has 1 atom stereocenters. The topological polar surface area (TPSA) is 20.3 Å². The molecule has 0 radical (unpaired) electrons. The van der Waals surface area contributed by atoms with Gasteiger partial charge < -0.3 is 9.69 Å². The summed E-state index contributed by atoms with van der Waals surface area (Å²) < 4.78 is 0.855. The summed E-state index contributed by atoms with van der Waals surface area (Å²) in [7, 11) is 0. The van der Waals surface area contributed by atoms with E-state index in [0.29, 0.717) is 12.6 Å². The highest BCUT2D eigenvalue weighted by molar-refractivity contribution is 8.23. The van der Waals surface area contributed by atoms with Crippen LogP contribution in [-0.4, -0.2) is 33.8 Å². The van der Waals surface area contributed by atoms with Crippen LogP contribution >= 0.6 is 24.0 Å². The second-order valence-corrected chi connectivity index (χ2v) is 5.39. The van der Waals surface area contributed by atoms with Crippen LogP contribution in [0, 0.1) is 0 Å². The van der Waals surface area contributed by atoms with Crippen molar-refractivity contribution in [1.29, 1.82) is 0 Å². The van der Waals surface area contributed by atoms with E-state index in [9.17, 15) is 4.79 Å². The molecule has 1 aliphatic rings. The van der Waals surface area contributed by atoms with Gasteiger partial charge in [0.2, 0.25) is 0 Å². The lowest BCUT2D eigenvalue weighted by Crippen LogP contribution is -2.36. The average molecular weight is 251 g/mol. The lowest BCUT2D eigenvalue weighted by atomic mass is 10.1. The van der Waals surface area contributed by atoms with Gasteiger partial charge in [0.25, 0.3) is 0 Å². The molecule has 0 bridgehead atoms. The maximum Gasteiger partial charge on any atom is 0.139 e. The van der Waals surface area contributed by atoms with Crippen LogP contribution in [0.25, 0.3) is 0 Å². The third-order valence-electron chi connectivity index (χ3n) is 2.66. The number of hydrogen-bond donors (Lipinski definition) is 0. The molecule has 2 nitrogen and oxygen atoms in total. The highest BCUT2D eigenvalue weighted by Gasteiger charge is 2.28. The minimum Gasteiger partial charge on any atom is -0.346 e. The Morgan fingerprint density at radius 1 is 1.44 bits per heavy atom. The fourth-order valence-electron chi connectivity index (χ4n) is 1.85. The van der Waals surface area contributed by atoms with Crippen LogP contribution in [0.2, 0.25) is 0 Å². The monoisotopic (exact) mass is 251 g/mol. The first-order valence-electron chi connectivity index (χ1n) is 5.22. The quantitative estimate of drug-likeness (QED) is 0.603. The number of carbonyl (C=O) groups is 1. The van der Waals surface area contributed by atoms with E-state index in [1.54, 1.807) is 11.8 Å². The second-order valence-electron chi connectivity index (χ2n) is 3.74. The predicted molar refractivity (Wildman–Crippen MR) is 71.8 cm³/mol. The summed E-state index contributed by atoms with van der Waals surface area (Å²) in [5, 5.41) is 0. The standard InChI is InChI=1S/C12H13NOS2/c14-7-6-13-11(9-16-12(13)15)8-10-4-2-1-3-5-10/h1-5,7,11H,6,8-9H2/t11-/m1/s1. The third kappa shape index (κ3) is 2.62. The molecule has 0 aromatic heterocycles. The summed E-state index contributed by atoms with van der Waals surface area (Å²) in [5.74, 6) is 0.988. The summed E-state index contributed by atoms with van der Waals surface area (Å²) in [6.07, 6.45) is 1.89. The van der Waals surface area contributed by atoms with Gasteiger partial charge in [-0.05, 0) is 12.0 Å². The van der Waals surface area contributed by atoms with Crippen molar-refractivity contribution < 1.29 is 4.79 Å². The SMILES string of the molecule is O=CCN1C(=S)SC[C@H]1Cc1ccccc1. The Balaban J connectivity index is 2.04. The van der Waals surface area contributed by atoms with E-state index in [4.69, 9.17) is 12.2 Å². The van der Waals surface area contributed by atoms with Crippen molar-refractivity contribution >= 4 is 34.6 Å². The van der Waals surface area contributed by atoms with Crippen LogP contribution in [0.3, 0.4) is 0 Å². The van der Waals surface area contributed by atoms with Gasteiger partial charge >= 0.3 is 0 Å². The number of benzene rings is 1. The lowest BCUT2D eigenvalue weighted by Gasteiger charge is -2.23. The van der Waals surface area contributed by atoms with E-state index in [-0.39, 0.29) is 0 Å². The van der Waals surface area contributed by atoms with Crippen molar-refractivity contribution in [2.75, 3.05) is 12.3 Å². The Morgan fingerprint density at radius 2 is 2.19 bits per heavy atom. The number of thioether (sulfide) groups is 1. The van der Waals surface area contributed by atoms with E-state index in [1.165, 1.54) is 5.56 Å². The summed E-state index contributed by atoms with van der Waals surface area (Å²) in [6, 6.07) is 10.7. The zero-order valence-electron chi connectivity index (χ0n) is 8.83. The van der Waals surface area contributed by atoms with E-state index < -0.39 is 0 Å². The number of carbonyl (C=O) groups excluding carboxylic acids is 1. The molecule has 16 heavy (non-hydrogen) atoms. The normalized spacial score (nSPS) is 20.1. The van der Waals surface area contributed by atoms with E-state index in [0.717, 1.165) is 22.8 Å². The van der Waals surface area contributed by atoms with Gasteiger partial charge in [-0.1, -0.05) is 54.3 Å². The molecular weight excluding hydrogens is 238 g/mol. The molecule has 0 amide bonds. The Bertz CT molecular complexity index is 380. The molecule has 0 unspecified atom stereocenters. The van der Waals surface area contributed by atoms with Crippen LogP contribution in [0.5, 0.6) is 0 Å². The van der Waals surface area contributed by atoms with Crippen LogP contribution in [0.15, 0.2) is 30.3 Å². The first kappa shape index (κ1) is 11.6. The Morgan fingerprint density at radius 3 is 2.88 bits per heavy atom. The minimum atomic E-state index is 0.366. The van der Waals surface area contributed by atoms with Gasteiger partial charge in [-0.15, -0.1) is 0 Å². The number of nitrogens with zero attached hydrogens (tertiary/aromatic N) is 1. The highest BCUT2D eigenvalue weighted by Crippen LogP contribution is 2.25. The zero-order valence-corrected chi connectivity index (χ0v) is 10.5. The molecule has 1 heterocycles. The first-order chi connectivity index (χ1) is 7.81. The van der Waals surface area contributed by atoms with Gasteiger partial charge in [-0.2, -0.15) is 0 Å². The summed E-state index contributed by atoms with van der Waals surface area (Å²) >= 11 is 6.90. The van der Waals surface area contributed by atoms with Crippen molar-refractivity contribution in [2.45, 2.75) is 12.5 Å². The zero-order chi connectivity index (χ0) is 11.4. The van der Waals surface area contributed by atoms with Crippen LogP contribution in [-0.2, 0) is 11.2 Å². The molecule has 1 aliphatic heterocycles.